The van der Waals surface area contributed by atoms with Crippen molar-refractivity contribution in [2.75, 3.05) is 6.79 Å². The van der Waals surface area contributed by atoms with Crippen LogP contribution in [-0.2, 0) is 9.47 Å². The molecule has 13 heavy (non-hydrogen) atoms. The fourth-order valence-corrected chi connectivity index (χ4v) is 2.06. The van der Waals surface area contributed by atoms with Crippen molar-refractivity contribution in [2.24, 2.45) is 5.92 Å². The van der Waals surface area contributed by atoms with Gasteiger partial charge in [-0.05, 0) is 17.6 Å². The summed E-state index contributed by atoms with van der Waals surface area (Å²) >= 11 is 6.14. The van der Waals surface area contributed by atoms with Crippen molar-refractivity contribution in [3.8, 4) is 0 Å². The van der Waals surface area contributed by atoms with Crippen LogP contribution in [0.4, 0.5) is 0 Å². The van der Waals surface area contributed by atoms with E-state index in [-0.39, 0.29) is 6.10 Å². The molecule has 2 aliphatic rings. The zero-order valence-electron chi connectivity index (χ0n) is 7.84. The normalized spacial score (nSPS) is 27.4. The van der Waals surface area contributed by atoms with Crippen molar-refractivity contribution in [3.63, 3.8) is 0 Å². The van der Waals surface area contributed by atoms with Crippen LogP contribution in [0.15, 0.2) is 22.4 Å². The Labute approximate surface area is 83.2 Å². The number of fused-ring (bicyclic) bond motifs is 1. The van der Waals surface area contributed by atoms with E-state index in [1.54, 1.807) is 0 Å². The van der Waals surface area contributed by atoms with Gasteiger partial charge in [-0.2, -0.15) is 0 Å². The summed E-state index contributed by atoms with van der Waals surface area (Å²) in [5.41, 5.74) is 1.18. The van der Waals surface area contributed by atoms with Gasteiger partial charge in [0.05, 0.1) is 0 Å². The molecule has 1 atom stereocenters. The topological polar surface area (TPSA) is 18.5 Å². The third-order valence-corrected chi connectivity index (χ3v) is 2.78. The van der Waals surface area contributed by atoms with Gasteiger partial charge in [0, 0.05) is 11.5 Å². The van der Waals surface area contributed by atoms with Crippen LogP contribution >= 0.6 is 11.6 Å². The molecule has 1 saturated heterocycles. The molecule has 72 valence electrons. The fourth-order valence-electron chi connectivity index (χ4n) is 1.65. The Morgan fingerprint density at radius 1 is 1.54 bits per heavy atom. The summed E-state index contributed by atoms with van der Waals surface area (Å²) in [5, 5.41) is 0.911. The Balaban J connectivity index is 2.28. The average Bonchev–Trinajstić information content (AvgIpc) is 2.48. The van der Waals surface area contributed by atoms with Gasteiger partial charge < -0.3 is 9.47 Å². The number of hydrogen-bond acceptors (Lipinski definition) is 2. The molecule has 2 rings (SSSR count). The van der Waals surface area contributed by atoms with Crippen LogP contribution < -0.4 is 0 Å². The maximum atomic E-state index is 6.14. The quantitative estimate of drug-likeness (QED) is 0.648. The summed E-state index contributed by atoms with van der Waals surface area (Å²) < 4.78 is 10.7. The van der Waals surface area contributed by atoms with Crippen LogP contribution in [-0.4, -0.2) is 12.9 Å². The van der Waals surface area contributed by atoms with Gasteiger partial charge in [-0.3, -0.25) is 0 Å². The molecule has 0 spiro atoms. The minimum absolute atomic E-state index is 0.0648. The molecule has 0 N–H and O–H groups in total. The van der Waals surface area contributed by atoms with Gasteiger partial charge in [-0.1, -0.05) is 25.4 Å². The van der Waals surface area contributed by atoms with E-state index in [1.165, 1.54) is 5.57 Å². The van der Waals surface area contributed by atoms with Gasteiger partial charge in [0.25, 0.3) is 0 Å². The van der Waals surface area contributed by atoms with Gasteiger partial charge in [0.2, 0.25) is 0 Å². The van der Waals surface area contributed by atoms with Gasteiger partial charge in [0.1, 0.15) is 11.9 Å². The second kappa shape index (κ2) is 3.35. The molecule has 1 fully saturated rings. The number of halogens is 1. The number of rotatable bonds is 1. The first-order chi connectivity index (χ1) is 6.18. The lowest BCUT2D eigenvalue weighted by molar-refractivity contribution is 0.0506. The highest BCUT2D eigenvalue weighted by Gasteiger charge is 2.29. The standard InChI is InChI=1S/C10H13ClO2/c1-6(2)7-3-9-10(4-8(7)11)13-5-12-9/h3,6,10H,4-5H2,1-2H3. The highest BCUT2D eigenvalue weighted by molar-refractivity contribution is 6.30. The van der Waals surface area contributed by atoms with Gasteiger partial charge in [-0.25, -0.2) is 0 Å². The molecule has 1 unspecified atom stereocenters. The van der Waals surface area contributed by atoms with E-state index in [2.05, 4.69) is 13.8 Å². The smallest absolute Gasteiger partial charge is 0.189 e. The van der Waals surface area contributed by atoms with Crippen molar-refractivity contribution >= 4 is 11.6 Å². The van der Waals surface area contributed by atoms with Crippen LogP contribution in [0.25, 0.3) is 0 Å². The van der Waals surface area contributed by atoms with E-state index in [0.717, 1.165) is 17.2 Å². The molecule has 0 bridgehead atoms. The molecule has 1 aliphatic carbocycles. The molecule has 0 aromatic carbocycles. The van der Waals surface area contributed by atoms with E-state index in [9.17, 15) is 0 Å². The average molecular weight is 201 g/mol. The lowest BCUT2D eigenvalue weighted by Crippen LogP contribution is -2.14. The molecular weight excluding hydrogens is 188 g/mol. The van der Waals surface area contributed by atoms with Crippen LogP contribution in [0.3, 0.4) is 0 Å². The minimum atomic E-state index is 0.0648. The Morgan fingerprint density at radius 2 is 2.31 bits per heavy atom. The summed E-state index contributed by atoms with van der Waals surface area (Å²) in [7, 11) is 0. The SMILES string of the molecule is CC(C)C1=C(Cl)CC2OCOC2=C1. The lowest BCUT2D eigenvalue weighted by atomic mass is 9.95. The fraction of sp³-hybridized carbons (Fsp3) is 0.600. The zero-order chi connectivity index (χ0) is 9.42. The Kier molecular flexibility index (Phi) is 2.35. The molecule has 1 aliphatic heterocycles. The van der Waals surface area contributed by atoms with Crippen molar-refractivity contribution in [1.29, 1.82) is 0 Å². The second-order valence-corrected chi connectivity index (χ2v) is 4.14. The highest BCUT2D eigenvalue weighted by atomic mass is 35.5. The van der Waals surface area contributed by atoms with Gasteiger partial charge in [0.15, 0.2) is 6.79 Å². The Bertz CT molecular complexity index is 279. The number of allylic oxidation sites excluding steroid dienone is 2. The van der Waals surface area contributed by atoms with Crippen molar-refractivity contribution in [3.05, 3.63) is 22.4 Å². The molecule has 0 aromatic heterocycles. The first kappa shape index (κ1) is 9.10. The van der Waals surface area contributed by atoms with E-state index >= 15 is 0 Å². The molecule has 0 saturated carbocycles. The van der Waals surface area contributed by atoms with Crippen molar-refractivity contribution in [1.82, 2.24) is 0 Å². The predicted molar refractivity (Wildman–Crippen MR) is 51.2 cm³/mol. The molecule has 0 radical (unpaired) electrons. The summed E-state index contributed by atoms with van der Waals surface area (Å²) in [6, 6.07) is 0. The number of ether oxygens (including phenoxy) is 2. The molecule has 2 nitrogen and oxygen atoms in total. The Morgan fingerprint density at radius 3 is 3.00 bits per heavy atom. The molecule has 3 heteroatoms. The van der Waals surface area contributed by atoms with Gasteiger partial charge in [-0.15, -0.1) is 0 Å². The summed E-state index contributed by atoms with van der Waals surface area (Å²) in [6.07, 6.45) is 2.85. The largest absolute Gasteiger partial charge is 0.469 e. The van der Waals surface area contributed by atoms with Crippen LogP contribution in [0, 0.1) is 5.92 Å². The highest BCUT2D eigenvalue weighted by Crippen LogP contribution is 2.35. The lowest BCUT2D eigenvalue weighted by Gasteiger charge is -2.19. The van der Waals surface area contributed by atoms with E-state index in [0.29, 0.717) is 12.7 Å². The maximum Gasteiger partial charge on any atom is 0.189 e. The molecular formula is C10H13ClO2. The Hall–Kier alpha value is -0.470. The van der Waals surface area contributed by atoms with Gasteiger partial charge >= 0.3 is 0 Å². The second-order valence-electron chi connectivity index (χ2n) is 3.68. The molecule has 1 heterocycles. The van der Waals surface area contributed by atoms with Crippen LogP contribution in [0.5, 0.6) is 0 Å². The first-order valence-electron chi connectivity index (χ1n) is 4.53. The summed E-state index contributed by atoms with van der Waals surface area (Å²) in [4.78, 5) is 0. The number of hydrogen-bond donors (Lipinski definition) is 0. The van der Waals surface area contributed by atoms with E-state index < -0.39 is 0 Å². The summed E-state index contributed by atoms with van der Waals surface area (Å²) in [6.45, 7) is 4.63. The van der Waals surface area contributed by atoms with E-state index in [4.69, 9.17) is 21.1 Å². The minimum Gasteiger partial charge on any atom is -0.469 e. The zero-order valence-corrected chi connectivity index (χ0v) is 8.60. The summed E-state index contributed by atoms with van der Waals surface area (Å²) in [5.74, 6) is 1.39. The monoisotopic (exact) mass is 200 g/mol. The molecule has 0 aromatic rings. The maximum absolute atomic E-state index is 6.14. The van der Waals surface area contributed by atoms with Crippen LogP contribution in [0.2, 0.25) is 0 Å². The van der Waals surface area contributed by atoms with Crippen molar-refractivity contribution in [2.45, 2.75) is 26.4 Å². The third kappa shape index (κ3) is 1.61. The molecule has 0 amide bonds. The third-order valence-electron chi connectivity index (χ3n) is 2.41. The predicted octanol–water partition coefficient (Wildman–Crippen LogP) is 2.80. The van der Waals surface area contributed by atoms with Crippen molar-refractivity contribution < 1.29 is 9.47 Å². The van der Waals surface area contributed by atoms with E-state index in [1.807, 2.05) is 6.08 Å². The van der Waals surface area contributed by atoms with Crippen LogP contribution in [0.1, 0.15) is 20.3 Å². The first-order valence-corrected chi connectivity index (χ1v) is 4.91.